The molecule has 0 saturated carbocycles. The summed E-state index contributed by atoms with van der Waals surface area (Å²) in [5.41, 5.74) is 4.25. The van der Waals surface area contributed by atoms with E-state index < -0.39 is 0 Å². The number of aliphatic hydroxyl groups excluding tert-OH is 1. The van der Waals surface area contributed by atoms with Crippen molar-refractivity contribution in [2.24, 2.45) is 0 Å². The van der Waals surface area contributed by atoms with Gasteiger partial charge in [-0.1, -0.05) is 74.5 Å². The number of halogens is 1. The maximum absolute atomic E-state index is 13.1. The lowest BCUT2D eigenvalue weighted by atomic mass is 10.2. The molecule has 0 aliphatic rings. The first kappa shape index (κ1) is 31.4. The summed E-state index contributed by atoms with van der Waals surface area (Å²) >= 11 is 0. The van der Waals surface area contributed by atoms with Crippen LogP contribution in [0, 0.1) is 19.7 Å². The van der Waals surface area contributed by atoms with E-state index in [1.165, 1.54) is 17.7 Å². The maximum atomic E-state index is 13.1. The molecule has 0 aliphatic carbocycles. The van der Waals surface area contributed by atoms with Crippen LogP contribution in [0.3, 0.4) is 0 Å². The van der Waals surface area contributed by atoms with Crippen molar-refractivity contribution in [2.45, 2.75) is 53.8 Å². The monoisotopic (exact) mass is 532 g/mol. The number of hydrogen-bond donors (Lipinski definition) is 1. The second kappa shape index (κ2) is 18.4. The first-order valence-corrected chi connectivity index (χ1v) is 13.4. The third-order valence-electron chi connectivity index (χ3n) is 5.23. The minimum absolute atomic E-state index is 0.261. The summed E-state index contributed by atoms with van der Waals surface area (Å²) in [6.07, 6.45) is 1.88. The molecular formula is C34H41FO4. The predicted octanol–water partition coefficient (Wildman–Crippen LogP) is 8.46. The molecule has 0 atom stereocenters. The van der Waals surface area contributed by atoms with Gasteiger partial charge in [0.2, 0.25) is 0 Å². The summed E-state index contributed by atoms with van der Waals surface area (Å²) in [7, 11) is 0. The Hall–Kier alpha value is -3.83. The lowest BCUT2D eigenvalue weighted by Gasteiger charge is -2.10. The quantitative estimate of drug-likeness (QED) is 0.223. The Labute approximate surface area is 233 Å². The van der Waals surface area contributed by atoms with Gasteiger partial charge in [-0.15, -0.1) is 0 Å². The number of aliphatic hydroxyl groups is 1. The van der Waals surface area contributed by atoms with E-state index in [1.54, 1.807) is 0 Å². The van der Waals surface area contributed by atoms with Crippen molar-refractivity contribution in [1.82, 2.24) is 0 Å². The van der Waals surface area contributed by atoms with Crippen LogP contribution in [0.1, 0.15) is 48.9 Å². The number of hydrogen-bond acceptors (Lipinski definition) is 4. The Balaban J connectivity index is 0.000000243. The lowest BCUT2D eigenvalue weighted by Crippen LogP contribution is -1.98. The molecule has 0 fully saturated rings. The summed E-state index contributed by atoms with van der Waals surface area (Å²) in [6.45, 7) is 10.0. The van der Waals surface area contributed by atoms with Gasteiger partial charge in [0.15, 0.2) is 0 Å². The molecular weight excluding hydrogens is 491 g/mol. The number of benzene rings is 4. The SMILES string of the molecule is CCCO.CCCOc1cc(C)cc(OCc2ccccc2)c1.Cc1cc(F)cc(OCc2ccccc2)c1. The molecule has 0 amide bonds. The Kier molecular flexibility index (Phi) is 14.8. The highest BCUT2D eigenvalue weighted by atomic mass is 19.1. The van der Waals surface area contributed by atoms with Crippen LogP contribution in [0.2, 0.25) is 0 Å². The summed E-state index contributed by atoms with van der Waals surface area (Å²) in [5.74, 6) is 2.05. The first-order valence-electron chi connectivity index (χ1n) is 13.4. The minimum atomic E-state index is -0.261. The van der Waals surface area contributed by atoms with Crippen molar-refractivity contribution >= 4 is 0 Å². The smallest absolute Gasteiger partial charge is 0.127 e. The van der Waals surface area contributed by atoms with Crippen LogP contribution in [0.4, 0.5) is 4.39 Å². The van der Waals surface area contributed by atoms with E-state index in [2.05, 4.69) is 19.1 Å². The van der Waals surface area contributed by atoms with Crippen LogP contribution in [-0.4, -0.2) is 18.3 Å². The molecule has 5 heteroatoms. The highest BCUT2D eigenvalue weighted by molar-refractivity contribution is 5.38. The zero-order valence-electron chi connectivity index (χ0n) is 23.5. The predicted molar refractivity (Wildman–Crippen MR) is 157 cm³/mol. The zero-order chi connectivity index (χ0) is 28.3. The molecule has 39 heavy (non-hydrogen) atoms. The molecule has 0 aliphatic heterocycles. The van der Waals surface area contributed by atoms with Gasteiger partial charge in [0.25, 0.3) is 0 Å². The molecule has 0 saturated heterocycles. The van der Waals surface area contributed by atoms with Gasteiger partial charge >= 0.3 is 0 Å². The van der Waals surface area contributed by atoms with Crippen LogP contribution in [0.15, 0.2) is 97.1 Å². The molecule has 4 aromatic carbocycles. The Morgan fingerprint density at radius 1 is 0.590 bits per heavy atom. The van der Waals surface area contributed by atoms with Crippen molar-refractivity contribution in [3.63, 3.8) is 0 Å². The molecule has 0 spiro atoms. The van der Waals surface area contributed by atoms with E-state index in [0.717, 1.165) is 47.6 Å². The molecule has 4 rings (SSSR count). The van der Waals surface area contributed by atoms with Crippen molar-refractivity contribution in [2.75, 3.05) is 13.2 Å². The van der Waals surface area contributed by atoms with Crippen LogP contribution >= 0.6 is 0 Å². The highest BCUT2D eigenvalue weighted by Crippen LogP contribution is 2.23. The van der Waals surface area contributed by atoms with Crippen molar-refractivity contribution < 1.29 is 23.7 Å². The van der Waals surface area contributed by atoms with E-state index in [-0.39, 0.29) is 5.82 Å². The van der Waals surface area contributed by atoms with Crippen molar-refractivity contribution in [3.8, 4) is 17.2 Å². The van der Waals surface area contributed by atoms with E-state index in [9.17, 15) is 4.39 Å². The van der Waals surface area contributed by atoms with Crippen LogP contribution in [0.5, 0.6) is 17.2 Å². The second-order valence-corrected chi connectivity index (χ2v) is 9.07. The summed E-state index contributed by atoms with van der Waals surface area (Å²) < 4.78 is 30.0. The van der Waals surface area contributed by atoms with E-state index >= 15 is 0 Å². The van der Waals surface area contributed by atoms with Gasteiger partial charge in [0.1, 0.15) is 36.3 Å². The summed E-state index contributed by atoms with van der Waals surface area (Å²) in [4.78, 5) is 0. The summed E-state index contributed by atoms with van der Waals surface area (Å²) in [6, 6.07) is 30.7. The maximum Gasteiger partial charge on any atom is 0.127 e. The third-order valence-corrected chi connectivity index (χ3v) is 5.23. The average molecular weight is 533 g/mol. The zero-order valence-corrected chi connectivity index (χ0v) is 23.5. The fourth-order valence-corrected chi connectivity index (χ4v) is 3.37. The van der Waals surface area contributed by atoms with Gasteiger partial charge in [-0.05, 0) is 73.2 Å². The normalized spacial score (nSPS) is 9.90. The Morgan fingerprint density at radius 3 is 1.46 bits per heavy atom. The molecule has 208 valence electrons. The molecule has 0 radical (unpaired) electrons. The molecule has 0 heterocycles. The van der Waals surface area contributed by atoms with Crippen molar-refractivity contribution in [3.05, 3.63) is 125 Å². The number of rotatable bonds is 10. The van der Waals surface area contributed by atoms with Crippen LogP contribution < -0.4 is 14.2 Å². The van der Waals surface area contributed by atoms with Gasteiger partial charge in [-0.2, -0.15) is 0 Å². The Morgan fingerprint density at radius 2 is 1.03 bits per heavy atom. The fourth-order valence-electron chi connectivity index (χ4n) is 3.37. The van der Waals surface area contributed by atoms with Gasteiger partial charge in [0, 0.05) is 18.7 Å². The van der Waals surface area contributed by atoms with Gasteiger partial charge in [-0.25, -0.2) is 4.39 Å². The number of ether oxygens (including phenoxy) is 3. The fraction of sp³-hybridized carbons (Fsp3) is 0.294. The largest absolute Gasteiger partial charge is 0.493 e. The van der Waals surface area contributed by atoms with E-state index in [0.29, 0.717) is 25.6 Å². The van der Waals surface area contributed by atoms with Crippen LogP contribution in [0.25, 0.3) is 0 Å². The molecule has 0 aromatic heterocycles. The third kappa shape index (κ3) is 13.5. The van der Waals surface area contributed by atoms with E-state index in [1.807, 2.05) is 93.6 Å². The van der Waals surface area contributed by atoms with Gasteiger partial charge in [0.05, 0.1) is 6.61 Å². The van der Waals surface area contributed by atoms with Gasteiger partial charge < -0.3 is 19.3 Å². The number of aryl methyl sites for hydroxylation is 2. The standard InChI is InChI=1S/C17H20O2.C14H13FO.C3H8O/c1-3-9-18-16-10-14(2)11-17(12-16)19-13-15-7-5-4-6-8-15;1-11-7-13(15)9-14(8-11)16-10-12-5-3-2-4-6-12;1-2-3-4/h4-8,10-12H,3,9,13H2,1-2H3;2-9H,10H2,1H3;4H,2-3H2,1H3. The second-order valence-electron chi connectivity index (χ2n) is 9.07. The molecule has 1 N–H and O–H groups in total. The minimum Gasteiger partial charge on any atom is -0.493 e. The molecule has 0 bridgehead atoms. The van der Waals surface area contributed by atoms with Crippen molar-refractivity contribution in [1.29, 1.82) is 0 Å². The van der Waals surface area contributed by atoms with E-state index in [4.69, 9.17) is 19.3 Å². The lowest BCUT2D eigenvalue weighted by molar-refractivity contribution is 0.294. The highest BCUT2D eigenvalue weighted by Gasteiger charge is 2.02. The first-order chi connectivity index (χ1) is 18.9. The molecule has 4 nitrogen and oxygen atoms in total. The Bertz CT molecular complexity index is 1170. The molecule has 4 aromatic rings. The topological polar surface area (TPSA) is 47.9 Å². The van der Waals surface area contributed by atoms with Crippen LogP contribution in [-0.2, 0) is 13.2 Å². The summed E-state index contributed by atoms with van der Waals surface area (Å²) in [5, 5.41) is 7.88. The average Bonchev–Trinajstić information content (AvgIpc) is 2.95. The molecule has 0 unspecified atom stereocenters. The van der Waals surface area contributed by atoms with Gasteiger partial charge in [-0.3, -0.25) is 0 Å².